The number of fused-ring (bicyclic) bond motifs is 1. The van der Waals surface area contributed by atoms with E-state index in [0.717, 1.165) is 11.1 Å². The van der Waals surface area contributed by atoms with Gasteiger partial charge in [0.1, 0.15) is 17.0 Å². The minimum atomic E-state index is -4.79. The van der Waals surface area contributed by atoms with Crippen LogP contribution in [0.15, 0.2) is 24.4 Å². The van der Waals surface area contributed by atoms with E-state index in [1.54, 1.807) is 0 Å². The van der Waals surface area contributed by atoms with Crippen LogP contribution in [0.25, 0.3) is 22.4 Å². The van der Waals surface area contributed by atoms with Crippen molar-refractivity contribution in [2.24, 2.45) is 7.05 Å². The van der Waals surface area contributed by atoms with Crippen LogP contribution >= 0.6 is 0 Å². The van der Waals surface area contributed by atoms with E-state index in [0.29, 0.717) is 41.9 Å². The molecule has 0 bridgehead atoms. The SMILES string of the molecule is CCc1nc2c(CCC#N)cn(C)c2nc1-c1ccc(OC(F)(F)F)cc1OC. The van der Waals surface area contributed by atoms with Gasteiger partial charge in [0.15, 0.2) is 5.65 Å². The van der Waals surface area contributed by atoms with E-state index in [-0.39, 0.29) is 11.5 Å². The first kappa shape index (κ1) is 20.5. The Bertz CT molecular complexity index is 1080. The molecule has 9 heteroatoms. The number of hydrogen-bond donors (Lipinski definition) is 0. The first-order chi connectivity index (χ1) is 13.8. The molecule has 0 aliphatic carbocycles. The fraction of sp³-hybridized carbons (Fsp3) is 0.350. The fourth-order valence-electron chi connectivity index (χ4n) is 3.18. The molecule has 0 saturated carbocycles. The summed E-state index contributed by atoms with van der Waals surface area (Å²) in [6.45, 7) is 1.92. The van der Waals surface area contributed by atoms with Gasteiger partial charge in [0.25, 0.3) is 0 Å². The first-order valence-corrected chi connectivity index (χ1v) is 8.93. The van der Waals surface area contributed by atoms with Crippen molar-refractivity contribution >= 4 is 11.2 Å². The zero-order valence-electron chi connectivity index (χ0n) is 16.2. The third kappa shape index (κ3) is 4.26. The summed E-state index contributed by atoms with van der Waals surface area (Å²) in [6.07, 6.45) is -1.39. The van der Waals surface area contributed by atoms with Crippen LogP contribution in [-0.4, -0.2) is 28.0 Å². The molecule has 0 atom stereocenters. The highest BCUT2D eigenvalue weighted by Crippen LogP contribution is 2.36. The molecule has 0 aliphatic rings. The van der Waals surface area contributed by atoms with E-state index in [2.05, 4.69) is 10.8 Å². The smallest absolute Gasteiger partial charge is 0.496 e. The molecule has 29 heavy (non-hydrogen) atoms. The van der Waals surface area contributed by atoms with E-state index in [9.17, 15) is 13.2 Å². The highest BCUT2D eigenvalue weighted by atomic mass is 19.4. The molecule has 0 radical (unpaired) electrons. The summed E-state index contributed by atoms with van der Waals surface area (Å²) in [4.78, 5) is 9.47. The number of nitrogens with zero attached hydrogens (tertiary/aromatic N) is 4. The Hall–Kier alpha value is -3.28. The molecule has 0 aliphatic heterocycles. The van der Waals surface area contributed by atoms with Gasteiger partial charge >= 0.3 is 6.36 Å². The zero-order valence-corrected chi connectivity index (χ0v) is 16.2. The van der Waals surface area contributed by atoms with Crippen molar-refractivity contribution in [2.45, 2.75) is 32.5 Å². The second-order valence-electron chi connectivity index (χ2n) is 6.38. The Balaban J connectivity index is 2.14. The van der Waals surface area contributed by atoms with Crippen LogP contribution in [0.4, 0.5) is 13.2 Å². The maximum Gasteiger partial charge on any atom is 0.573 e. The predicted octanol–water partition coefficient (Wildman–Crippen LogP) is 4.56. The van der Waals surface area contributed by atoms with Gasteiger partial charge < -0.3 is 14.0 Å². The van der Waals surface area contributed by atoms with Crippen LogP contribution in [0.1, 0.15) is 24.6 Å². The number of aromatic nitrogens is 3. The van der Waals surface area contributed by atoms with E-state index < -0.39 is 6.36 Å². The topological polar surface area (TPSA) is 73.0 Å². The summed E-state index contributed by atoms with van der Waals surface area (Å²) in [5.74, 6) is -0.170. The molecule has 0 spiro atoms. The number of hydrogen-bond acceptors (Lipinski definition) is 5. The van der Waals surface area contributed by atoms with Crippen molar-refractivity contribution in [2.75, 3.05) is 7.11 Å². The van der Waals surface area contributed by atoms with Gasteiger partial charge in [-0.1, -0.05) is 6.92 Å². The Morgan fingerprint density at radius 3 is 2.62 bits per heavy atom. The van der Waals surface area contributed by atoms with Crippen LogP contribution in [0, 0.1) is 11.3 Å². The molecule has 1 aromatic carbocycles. The lowest BCUT2D eigenvalue weighted by molar-refractivity contribution is -0.274. The lowest BCUT2D eigenvalue weighted by atomic mass is 10.1. The average Bonchev–Trinajstić information content (AvgIpc) is 2.98. The summed E-state index contributed by atoms with van der Waals surface area (Å²) in [5, 5.41) is 8.86. The Kier molecular flexibility index (Phi) is 5.64. The number of rotatable bonds is 6. The minimum absolute atomic E-state index is 0.203. The van der Waals surface area contributed by atoms with E-state index in [1.165, 1.54) is 25.3 Å². The molecule has 0 saturated heterocycles. The molecular weight excluding hydrogens is 385 g/mol. The van der Waals surface area contributed by atoms with Crippen LogP contribution in [0.2, 0.25) is 0 Å². The summed E-state index contributed by atoms with van der Waals surface area (Å²) >= 11 is 0. The molecule has 2 heterocycles. The average molecular weight is 404 g/mol. The quantitative estimate of drug-likeness (QED) is 0.602. The van der Waals surface area contributed by atoms with Gasteiger partial charge in [-0.05, 0) is 30.5 Å². The van der Waals surface area contributed by atoms with E-state index in [1.807, 2.05) is 24.7 Å². The van der Waals surface area contributed by atoms with Crippen molar-refractivity contribution in [1.82, 2.24) is 14.5 Å². The van der Waals surface area contributed by atoms with Crippen molar-refractivity contribution < 1.29 is 22.6 Å². The number of halogens is 3. The summed E-state index contributed by atoms with van der Waals surface area (Å²) in [5.41, 5.74) is 4.02. The van der Waals surface area contributed by atoms with Crippen molar-refractivity contribution in [3.8, 4) is 28.8 Å². The van der Waals surface area contributed by atoms with Gasteiger partial charge in [0, 0.05) is 31.3 Å². The van der Waals surface area contributed by atoms with Gasteiger partial charge in [-0.2, -0.15) is 5.26 Å². The van der Waals surface area contributed by atoms with Crippen LogP contribution in [-0.2, 0) is 19.9 Å². The zero-order chi connectivity index (χ0) is 21.2. The Morgan fingerprint density at radius 1 is 1.24 bits per heavy atom. The Morgan fingerprint density at radius 2 is 2.00 bits per heavy atom. The highest BCUT2D eigenvalue weighted by molar-refractivity contribution is 5.81. The summed E-state index contributed by atoms with van der Waals surface area (Å²) < 4.78 is 48.7. The highest BCUT2D eigenvalue weighted by Gasteiger charge is 2.31. The van der Waals surface area contributed by atoms with Crippen LogP contribution in [0.5, 0.6) is 11.5 Å². The van der Waals surface area contributed by atoms with Gasteiger partial charge in [0.05, 0.1) is 24.6 Å². The second-order valence-corrected chi connectivity index (χ2v) is 6.38. The largest absolute Gasteiger partial charge is 0.573 e. The third-order valence-corrected chi connectivity index (χ3v) is 4.44. The van der Waals surface area contributed by atoms with Gasteiger partial charge in [-0.3, -0.25) is 0 Å². The lowest BCUT2D eigenvalue weighted by Crippen LogP contribution is -2.17. The van der Waals surface area contributed by atoms with Crippen LogP contribution < -0.4 is 9.47 Å². The number of alkyl halides is 3. The normalized spacial score (nSPS) is 11.5. The van der Waals surface area contributed by atoms with Gasteiger partial charge in [0.2, 0.25) is 0 Å². The molecule has 0 N–H and O–H groups in total. The molecule has 152 valence electrons. The molecule has 0 unspecified atom stereocenters. The van der Waals surface area contributed by atoms with E-state index in [4.69, 9.17) is 20.0 Å². The van der Waals surface area contributed by atoms with Crippen LogP contribution in [0.3, 0.4) is 0 Å². The molecule has 3 aromatic rings. The number of methoxy groups -OCH3 is 1. The van der Waals surface area contributed by atoms with Crippen molar-refractivity contribution in [3.05, 3.63) is 35.7 Å². The van der Waals surface area contributed by atoms with Crippen molar-refractivity contribution in [1.29, 1.82) is 5.26 Å². The molecule has 3 rings (SSSR count). The van der Waals surface area contributed by atoms with Gasteiger partial charge in [-0.15, -0.1) is 13.2 Å². The standard InChI is InChI=1S/C20H19F3N4O2/c1-4-15-18(14-8-7-13(10-16(14)28-3)29-20(21,22)23)26-19-17(25-15)12(6-5-9-24)11-27(19)2/h7-8,10-11H,4-6H2,1-3H3. The number of ether oxygens (including phenoxy) is 2. The van der Waals surface area contributed by atoms with Crippen molar-refractivity contribution in [3.63, 3.8) is 0 Å². The number of nitriles is 1. The molecular formula is C20H19F3N4O2. The van der Waals surface area contributed by atoms with Gasteiger partial charge in [-0.25, -0.2) is 9.97 Å². The maximum atomic E-state index is 12.5. The first-order valence-electron chi connectivity index (χ1n) is 8.93. The number of aryl methyl sites for hydroxylation is 3. The maximum absolute atomic E-state index is 12.5. The summed E-state index contributed by atoms with van der Waals surface area (Å²) in [6, 6.07) is 6.01. The molecule has 0 fully saturated rings. The molecule has 6 nitrogen and oxygen atoms in total. The molecule has 0 amide bonds. The number of benzene rings is 1. The fourth-order valence-corrected chi connectivity index (χ4v) is 3.18. The second kappa shape index (κ2) is 7.99. The lowest BCUT2D eigenvalue weighted by Gasteiger charge is -2.14. The monoisotopic (exact) mass is 404 g/mol. The predicted molar refractivity (Wildman–Crippen MR) is 100 cm³/mol. The van der Waals surface area contributed by atoms with E-state index >= 15 is 0 Å². The Labute approximate surface area is 165 Å². The third-order valence-electron chi connectivity index (χ3n) is 4.44. The summed E-state index contributed by atoms with van der Waals surface area (Å²) in [7, 11) is 3.20. The minimum Gasteiger partial charge on any atom is -0.496 e. The molecule has 2 aromatic heterocycles.